The van der Waals surface area contributed by atoms with Gasteiger partial charge in [-0.25, -0.2) is 4.85 Å². The normalized spacial score (nSPS) is 11.9. The van der Waals surface area contributed by atoms with Gasteiger partial charge in [0.05, 0.1) is 57.2 Å². The smallest absolute Gasteiger partial charge is 0.319 e. The van der Waals surface area contributed by atoms with Gasteiger partial charge in [-0.05, 0) is 98.0 Å². The summed E-state index contributed by atoms with van der Waals surface area (Å²) in [5, 5.41) is 14.1. The van der Waals surface area contributed by atoms with Crippen LogP contribution in [0.3, 0.4) is 0 Å². The van der Waals surface area contributed by atoms with Crippen molar-refractivity contribution in [2.75, 3.05) is 0 Å². The second-order valence-corrected chi connectivity index (χ2v) is 13.0. The largest absolute Gasteiger partial charge is 0.417 e. The highest BCUT2D eigenvalue weighted by molar-refractivity contribution is 6.13. The summed E-state index contributed by atoms with van der Waals surface area (Å²) in [4.78, 5) is 4.18. The summed E-state index contributed by atoms with van der Waals surface area (Å²) >= 11 is 0. The molecule has 0 aliphatic carbocycles. The first kappa shape index (κ1) is 31.0. The van der Waals surface area contributed by atoms with E-state index in [9.17, 15) is 18.4 Å². The van der Waals surface area contributed by atoms with E-state index in [0.717, 1.165) is 71.9 Å². The molecule has 6 aromatic carbocycles. The number of aromatic nitrogens is 2. The van der Waals surface area contributed by atoms with Crippen molar-refractivity contribution in [1.29, 1.82) is 5.26 Å². The van der Waals surface area contributed by atoms with Crippen LogP contribution in [0.25, 0.3) is 71.0 Å². The molecule has 8 aromatic rings. The molecule has 0 unspecified atom stereocenters. The highest BCUT2D eigenvalue weighted by Crippen LogP contribution is 2.49. The lowest BCUT2D eigenvalue weighted by atomic mass is 9.92. The molecule has 0 aliphatic heterocycles. The molecule has 0 fully saturated rings. The van der Waals surface area contributed by atoms with E-state index in [1.807, 2.05) is 74.7 Å². The standard InChI is InChI=1S/C43H29F3N4/c1-24-9-13-29-30-14-10-25(2)20-37(30)49(36(29)19-24)35-18-17-33(40-28(23-47)7-6-8-34(40)43(44,45)46)42(41(35)48-5)50-38-21-26(3)11-15-31(38)32-16-12-27(4)22-39(32)50/h6-22H,1-4H3. The number of nitrogens with zero attached hydrogens (tertiary/aromatic N) is 4. The molecule has 0 atom stereocenters. The molecule has 7 heteroatoms. The zero-order valence-corrected chi connectivity index (χ0v) is 27.7. The average Bonchev–Trinajstić information content (AvgIpc) is 3.56. The van der Waals surface area contributed by atoms with E-state index in [0.29, 0.717) is 5.69 Å². The van der Waals surface area contributed by atoms with Gasteiger partial charge in [-0.2, -0.15) is 18.4 Å². The van der Waals surface area contributed by atoms with Gasteiger partial charge in [0.1, 0.15) is 0 Å². The lowest BCUT2D eigenvalue weighted by molar-refractivity contribution is -0.137. The van der Waals surface area contributed by atoms with E-state index in [1.54, 1.807) is 12.1 Å². The molecular formula is C43H29F3N4. The Bertz CT molecular complexity index is 2700. The second-order valence-electron chi connectivity index (χ2n) is 13.0. The van der Waals surface area contributed by atoms with E-state index in [1.165, 1.54) is 12.1 Å². The molecule has 0 radical (unpaired) electrons. The summed E-state index contributed by atoms with van der Waals surface area (Å²) < 4.78 is 48.6. The van der Waals surface area contributed by atoms with Crippen LogP contribution in [0.1, 0.15) is 33.4 Å². The Morgan fingerprint density at radius 1 is 0.620 bits per heavy atom. The van der Waals surface area contributed by atoms with Crippen molar-refractivity contribution in [3.8, 4) is 28.6 Å². The maximum Gasteiger partial charge on any atom is 0.417 e. The summed E-state index contributed by atoms with van der Waals surface area (Å²) in [6.07, 6.45) is -4.76. The number of aryl methyl sites for hydroxylation is 4. The molecule has 0 saturated carbocycles. The van der Waals surface area contributed by atoms with E-state index in [2.05, 4.69) is 45.8 Å². The van der Waals surface area contributed by atoms with Crippen molar-refractivity contribution in [1.82, 2.24) is 9.13 Å². The number of hydrogen-bond donors (Lipinski definition) is 0. The van der Waals surface area contributed by atoms with Crippen molar-refractivity contribution < 1.29 is 13.2 Å². The van der Waals surface area contributed by atoms with Gasteiger partial charge in [0, 0.05) is 27.1 Å². The van der Waals surface area contributed by atoms with Crippen LogP contribution in [-0.2, 0) is 6.18 Å². The van der Waals surface area contributed by atoms with E-state index in [-0.39, 0.29) is 28.1 Å². The van der Waals surface area contributed by atoms with Crippen LogP contribution in [-0.4, -0.2) is 9.13 Å². The minimum atomic E-state index is -4.76. The second kappa shape index (κ2) is 11.1. The Morgan fingerprint density at radius 2 is 1.08 bits per heavy atom. The zero-order valence-electron chi connectivity index (χ0n) is 27.7. The molecule has 242 valence electrons. The van der Waals surface area contributed by atoms with Crippen LogP contribution < -0.4 is 0 Å². The number of fused-ring (bicyclic) bond motifs is 6. The van der Waals surface area contributed by atoms with Gasteiger partial charge < -0.3 is 9.13 Å². The van der Waals surface area contributed by atoms with Gasteiger partial charge in [-0.1, -0.05) is 60.7 Å². The molecule has 2 heterocycles. The lowest BCUT2D eigenvalue weighted by Gasteiger charge is -2.23. The van der Waals surface area contributed by atoms with Crippen LogP contribution in [0.2, 0.25) is 0 Å². The highest BCUT2D eigenvalue weighted by Gasteiger charge is 2.36. The summed E-state index contributed by atoms with van der Waals surface area (Å²) in [7, 11) is 0. The van der Waals surface area contributed by atoms with Crippen LogP contribution >= 0.6 is 0 Å². The van der Waals surface area contributed by atoms with E-state index in [4.69, 9.17) is 6.57 Å². The van der Waals surface area contributed by atoms with Crippen LogP contribution in [0.15, 0.2) is 103 Å². The van der Waals surface area contributed by atoms with Gasteiger partial charge in [0.25, 0.3) is 0 Å². The fraction of sp³-hybridized carbons (Fsp3) is 0.116. The molecular weight excluding hydrogens is 629 g/mol. The minimum Gasteiger partial charge on any atom is -0.319 e. The van der Waals surface area contributed by atoms with Gasteiger partial charge in [-0.3, -0.25) is 0 Å². The Balaban J connectivity index is 1.64. The fourth-order valence-electron chi connectivity index (χ4n) is 7.44. The highest BCUT2D eigenvalue weighted by atomic mass is 19.4. The molecule has 2 aromatic heterocycles. The summed E-state index contributed by atoms with van der Waals surface area (Å²) in [5.74, 6) is 0. The zero-order chi connectivity index (χ0) is 35.1. The number of hydrogen-bond acceptors (Lipinski definition) is 1. The fourth-order valence-corrected chi connectivity index (χ4v) is 7.44. The maximum absolute atomic E-state index is 14.9. The Labute approximate surface area is 286 Å². The van der Waals surface area contributed by atoms with Crippen molar-refractivity contribution in [2.45, 2.75) is 33.9 Å². The summed E-state index contributed by atoms with van der Waals surface area (Å²) in [5.41, 5.74) is 7.11. The molecule has 8 rings (SSSR count). The van der Waals surface area contributed by atoms with Crippen molar-refractivity contribution in [3.63, 3.8) is 0 Å². The molecule has 0 spiro atoms. The van der Waals surface area contributed by atoms with Crippen molar-refractivity contribution in [2.24, 2.45) is 0 Å². The summed E-state index contributed by atoms with van der Waals surface area (Å²) in [6, 6.07) is 33.5. The molecule has 0 saturated heterocycles. The number of benzene rings is 6. The SMILES string of the molecule is [C-]#[N+]c1c(-n2c3cc(C)ccc3c3ccc(C)cc32)ccc(-c2c(C#N)cccc2C(F)(F)F)c1-n1c2cc(C)ccc2c2ccc(C)cc21. The Hall–Kier alpha value is -6.31. The van der Waals surface area contributed by atoms with Crippen molar-refractivity contribution >= 4 is 49.3 Å². The predicted molar refractivity (Wildman–Crippen MR) is 195 cm³/mol. The lowest BCUT2D eigenvalue weighted by Crippen LogP contribution is -2.10. The maximum atomic E-state index is 14.9. The first-order chi connectivity index (χ1) is 24.0. The summed E-state index contributed by atoms with van der Waals surface area (Å²) in [6.45, 7) is 16.7. The molecule has 0 N–H and O–H groups in total. The predicted octanol–water partition coefficient (Wildman–Crippen LogP) is 12.2. The molecule has 4 nitrogen and oxygen atoms in total. The number of rotatable bonds is 3. The Morgan fingerprint density at radius 3 is 1.50 bits per heavy atom. The van der Waals surface area contributed by atoms with Crippen LogP contribution in [0, 0.1) is 45.6 Å². The molecule has 0 amide bonds. The van der Waals surface area contributed by atoms with Crippen molar-refractivity contribution in [3.05, 3.63) is 148 Å². The van der Waals surface area contributed by atoms with E-state index < -0.39 is 11.7 Å². The topological polar surface area (TPSA) is 38.0 Å². The Kier molecular flexibility index (Phi) is 6.89. The first-order valence-electron chi connectivity index (χ1n) is 16.2. The third kappa shape index (κ3) is 4.59. The van der Waals surface area contributed by atoms with Gasteiger partial charge in [-0.15, -0.1) is 0 Å². The number of nitriles is 1. The van der Waals surface area contributed by atoms with Crippen LogP contribution in [0.4, 0.5) is 18.9 Å². The minimum absolute atomic E-state index is 0.124. The molecule has 0 bridgehead atoms. The third-order valence-electron chi connectivity index (χ3n) is 9.62. The average molecular weight is 659 g/mol. The monoisotopic (exact) mass is 658 g/mol. The molecule has 50 heavy (non-hydrogen) atoms. The third-order valence-corrected chi connectivity index (χ3v) is 9.62. The quantitative estimate of drug-likeness (QED) is 0.174. The van der Waals surface area contributed by atoms with Gasteiger partial charge >= 0.3 is 6.18 Å². The van der Waals surface area contributed by atoms with Gasteiger partial charge in [0.15, 0.2) is 0 Å². The number of halogens is 3. The van der Waals surface area contributed by atoms with Crippen LogP contribution in [0.5, 0.6) is 0 Å². The van der Waals surface area contributed by atoms with E-state index >= 15 is 0 Å². The molecule has 0 aliphatic rings. The van der Waals surface area contributed by atoms with Gasteiger partial charge in [0.2, 0.25) is 5.69 Å². The number of alkyl halides is 3. The first-order valence-corrected chi connectivity index (χ1v) is 16.2.